The SMILES string of the molecule is NC(=O)CCC(N)C(=O)NC(Cc1ccc(O)cc1)C(=O)N1CCCC1C(=O)NCC(=O)O. The van der Waals surface area contributed by atoms with Gasteiger partial charge in [0.1, 0.15) is 24.4 Å². The number of likely N-dealkylation sites (tertiary alicyclic amines) is 1. The first-order chi connectivity index (χ1) is 15.6. The van der Waals surface area contributed by atoms with Crippen molar-refractivity contribution in [2.24, 2.45) is 11.5 Å². The number of primary amides is 1. The van der Waals surface area contributed by atoms with Gasteiger partial charge in [-0.2, -0.15) is 0 Å². The summed E-state index contributed by atoms with van der Waals surface area (Å²) in [6, 6.07) is 3.06. The first kappa shape index (κ1) is 25.6. The number of nitrogens with one attached hydrogen (secondary N) is 2. The van der Waals surface area contributed by atoms with Crippen LogP contribution in [0.4, 0.5) is 0 Å². The molecule has 1 aliphatic heterocycles. The number of carbonyl (C=O) groups is 5. The topological polar surface area (TPSA) is 205 Å². The lowest BCUT2D eigenvalue weighted by Crippen LogP contribution is -2.56. The largest absolute Gasteiger partial charge is 0.508 e. The lowest BCUT2D eigenvalue weighted by atomic mass is 10.0. The van der Waals surface area contributed by atoms with E-state index in [1.165, 1.54) is 17.0 Å². The van der Waals surface area contributed by atoms with Gasteiger partial charge in [-0.1, -0.05) is 12.1 Å². The minimum atomic E-state index is -1.21. The number of nitrogens with zero attached hydrogens (tertiary/aromatic N) is 1. The first-order valence-electron chi connectivity index (χ1n) is 10.5. The van der Waals surface area contributed by atoms with Crippen molar-refractivity contribution in [3.8, 4) is 5.75 Å². The van der Waals surface area contributed by atoms with Gasteiger partial charge < -0.3 is 37.2 Å². The summed E-state index contributed by atoms with van der Waals surface area (Å²) in [5.41, 5.74) is 11.6. The van der Waals surface area contributed by atoms with Crippen LogP contribution < -0.4 is 22.1 Å². The van der Waals surface area contributed by atoms with E-state index in [1.807, 2.05) is 0 Å². The van der Waals surface area contributed by atoms with E-state index in [2.05, 4.69) is 10.6 Å². The van der Waals surface area contributed by atoms with Crippen LogP contribution in [0.25, 0.3) is 0 Å². The lowest BCUT2D eigenvalue weighted by Gasteiger charge is -2.29. The Balaban J connectivity index is 2.18. The highest BCUT2D eigenvalue weighted by atomic mass is 16.4. The Labute approximate surface area is 190 Å². The highest BCUT2D eigenvalue weighted by molar-refractivity contribution is 5.94. The van der Waals surface area contributed by atoms with Crippen LogP contribution in [-0.2, 0) is 30.4 Å². The standard InChI is InChI=1S/C21H29N5O7/c22-14(7-8-17(23)28)19(31)25-15(10-12-3-5-13(27)6-4-12)21(33)26-9-1-2-16(26)20(32)24-11-18(29)30/h3-6,14-16,27H,1-2,7-11,22H2,(H2,23,28)(H,24,32)(H,25,31)(H,29,30). The van der Waals surface area contributed by atoms with Crippen LogP contribution in [0.2, 0.25) is 0 Å². The Bertz CT molecular complexity index is 889. The number of aromatic hydroxyl groups is 1. The molecule has 180 valence electrons. The molecular weight excluding hydrogens is 434 g/mol. The molecule has 1 aliphatic rings. The molecule has 1 fully saturated rings. The zero-order valence-corrected chi connectivity index (χ0v) is 18.0. The summed E-state index contributed by atoms with van der Waals surface area (Å²) in [5, 5.41) is 23.1. The minimum absolute atomic E-state index is 0.00518. The summed E-state index contributed by atoms with van der Waals surface area (Å²) < 4.78 is 0. The van der Waals surface area contributed by atoms with E-state index in [0.717, 1.165) is 0 Å². The van der Waals surface area contributed by atoms with E-state index >= 15 is 0 Å². The van der Waals surface area contributed by atoms with Crippen molar-refractivity contribution in [3.63, 3.8) is 0 Å². The van der Waals surface area contributed by atoms with Gasteiger partial charge in [0.05, 0.1) is 6.04 Å². The fourth-order valence-electron chi connectivity index (χ4n) is 3.56. The second kappa shape index (κ2) is 11.8. The van der Waals surface area contributed by atoms with E-state index in [9.17, 15) is 29.1 Å². The molecule has 0 saturated carbocycles. The number of carboxylic acids is 1. The molecule has 33 heavy (non-hydrogen) atoms. The molecule has 0 bridgehead atoms. The summed E-state index contributed by atoms with van der Waals surface area (Å²) >= 11 is 0. The summed E-state index contributed by atoms with van der Waals surface area (Å²) in [7, 11) is 0. The van der Waals surface area contributed by atoms with Crippen molar-refractivity contribution in [3.05, 3.63) is 29.8 Å². The Kier molecular flexibility index (Phi) is 9.16. The molecule has 0 aliphatic carbocycles. The molecule has 12 nitrogen and oxygen atoms in total. The molecule has 8 N–H and O–H groups in total. The maximum Gasteiger partial charge on any atom is 0.322 e. The minimum Gasteiger partial charge on any atom is -0.508 e. The van der Waals surface area contributed by atoms with Gasteiger partial charge in [-0.15, -0.1) is 0 Å². The van der Waals surface area contributed by atoms with Gasteiger partial charge in [-0.05, 0) is 37.0 Å². The predicted octanol–water partition coefficient (Wildman–Crippen LogP) is -1.80. The molecule has 3 atom stereocenters. The van der Waals surface area contributed by atoms with Gasteiger partial charge in [-0.25, -0.2) is 0 Å². The zero-order chi connectivity index (χ0) is 24.5. The molecule has 2 rings (SSSR count). The monoisotopic (exact) mass is 463 g/mol. The lowest BCUT2D eigenvalue weighted by molar-refractivity contribution is -0.142. The normalized spacial score (nSPS) is 17.1. The van der Waals surface area contributed by atoms with Crippen LogP contribution in [-0.4, -0.2) is 75.9 Å². The van der Waals surface area contributed by atoms with Crippen LogP contribution in [0.5, 0.6) is 5.75 Å². The third-order valence-electron chi connectivity index (χ3n) is 5.28. The summed E-state index contributed by atoms with van der Waals surface area (Å²) in [4.78, 5) is 61.4. The number of phenolic OH excluding ortho intramolecular Hbond substituents is 1. The van der Waals surface area contributed by atoms with Crippen molar-refractivity contribution >= 4 is 29.6 Å². The Morgan fingerprint density at radius 1 is 1.15 bits per heavy atom. The number of rotatable bonds is 11. The van der Waals surface area contributed by atoms with Crippen LogP contribution in [0.15, 0.2) is 24.3 Å². The maximum absolute atomic E-state index is 13.3. The number of nitrogens with two attached hydrogens (primary N) is 2. The van der Waals surface area contributed by atoms with Crippen LogP contribution in [0.1, 0.15) is 31.2 Å². The van der Waals surface area contributed by atoms with Crippen molar-refractivity contribution in [1.82, 2.24) is 15.5 Å². The first-order valence-corrected chi connectivity index (χ1v) is 10.5. The molecule has 12 heteroatoms. The smallest absolute Gasteiger partial charge is 0.322 e. The number of amides is 4. The Morgan fingerprint density at radius 3 is 2.42 bits per heavy atom. The van der Waals surface area contributed by atoms with Crippen molar-refractivity contribution in [1.29, 1.82) is 0 Å². The van der Waals surface area contributed by atoms with Crippen molar-refractivity contribution in [2.75, 3.05) is 13.1 Å². The molecule has 0 spiro atoms. The molecule has 1 heterocycles. The zero-order valence-electron chi connectivity index (χ0n) is 18.0. The van der Waals surface area contributed by atoms with Gasteiger partial charge in [0.2, 0.25) is 23.6 Å². The number of benzene rings is 1. The molecule has 0 radical (unpaired) electrons. The summed E-state index contributed by atoms with van der Waals surface area (Å²) in [5.74, 6) is -3.54. The second-order valence-electron chi connectivity index (χ2n) is 7.84. The third kappa shape index (κ3) is 7.75. The quantitative estimate of drug-likeness (QED) is 0.220. The number of aliphatic carboxylic acids is 1. The van der Waals surface area contributed by atoms with E-state index in [0.29, 0.717) is 18.4 Å². The van der Waals surface area contributed by atoms with Gasteiger partial charge in [-0.3, -0.25) is 24.0 Å². The molecule has 1 saturated heterocycles. The highest BCUT2D eigenvalue weighted by Crippen LogP contribution is 2.20. The van der Waals surface area contributed by atoms with E-state index in [4.69, 9.17) is 16.6 Å². The highest BCUT2D eigenvalue weighted by Gasteiger charge is 2.38. The van der Waals surface area contributed by atoms with E-state index in [1.54, 1.807) is 12.1 Å². The molecule has 3 unspecified atom stereocenters. The average molecular weight is 463 g/mol. The fourth-order valence-corrected chi connectivity index (χ4v) is 3.56. The fraction of sp³-hybridized carbons (Fsp3) is 0.476. The average Bonchev–Trinajstić information content (AvgIpc) is 3.26. The van der Waals surface area contributed by atoms with Gasteiger partial charge in [0, 0.05) is 19.4 Å². The predicted molar refractivity (Wildman–Crippen MR) is 116 cm³/mol. The molecule has 1 aromatic carbocycles. The molecule has 0 aromatic heterocycles. The van der Waals surface area contributed by atoms with Gasteiger partial charge in [0.15, 0.2) is 0 Å². The van der Waals surface area contributed by atoms with Crippen molar-refractivity contribution < 1.29 is 34.2 Å². The molecule has 4 amide bonds. The number of carbonyl (C=O) groups excluding carboxylic acids is 4. The summed E-state index contributed by atoms with van der Waals surface area (Å²) in [6.07, 6.45) is 0.867. The van der Waals surface area contributed by atoms with Gasteiger partial charge >= 0.3 is 5.97 Å². The van der Waals surface area contributed by atoms with E-state index in [-0.39, 0.29) is 31.6 Å². The Hall–Kier alpha value is -3.67. The van der Waals surface area contributed by atoms with Crippen LogP contribution in [0.3, 0.4) is 0 Å². The van der Waals surface area contributed by atoms with Crippen LogP contribution in [0, 0.1) is 0 Å². The van der Waals surface area contributed by atoms with Gasteiger partial charge in [0.25, 0.3) is 0 Å². The van der Waals surface area contributed by atoms with Crippen LogP contribution >= 0.6 is 0 Å². The van der Waals surface area contributed by atoms with Crippen molar-refractivity contribution in [2.45, 2.75) is 50.2 Å². The molecule has 1 aromatic rings. The summed E-state index contributed by atoms with van der Waals surface area (Å²) in [6.45, 7) is -0.306. The Morgan fingerprint density at radius 2 is 1.82 bits per heavy atom. The number of carboxylic acid groups (broad SMARTS) is 1. The second-order valence-corrected chi connectivity index (χ2v) is 7.84. The third-order valence-corrected chi connectivity index (χ3v) is 5.28. The number of hydrogen-bond acceptors (Lipinski definition) is 7. The maximum atomic E-state index is 13.3. The number of phenols is 1. The molecular formula is C21H29N5O7. The van der Waals surface area contributed by atoms with E-state index < -0.39 is 54.3 Å². The number of hydrogen-bond donors (Lipinski definition) is 6.